The summed E-state index contributed by atoms with van der Waals surface area (Å²) in [5.74, 6) is -0.181. The van der Waals surface area contributed by atoms with Crippen molar-refractivity contribution >= 4 is 17.2 Å². The minimum atomic E-state index is -0.311. The summed E-state index contributed by atoms with van der Waals surface area (Å²) in [4.78, 5) is 27.3. The molecule has 1 amide bonds. The molecular formula is C27H23FN6OS. The second-order valence-corrected chi connectivity index (χ2v) is 9.17. The molecule has 0 unspecified atom stereocenters. The number of nitrogens with one attached hydrogen (secondary N) is 1. The lowest BCUT2D eigenvalue weighted by molar-refractivity contribution is 0.0954. The third kappa shape index (κ3) is 5.06. The SMILES string of the molecule is Cc1cnc(-n2ncc(C(=O)NCCCc3ccncc3)c2-c2cccs2)nc1-c1ccc(F)cc1. The Labute approximate surface area is 211 Å². The zero-order valence-corrected chi connectivity index (χ0v) is 20.4. The number of amides is 1. The van der Waals surface area contributed by atoms with Gasteiger partial charge in [-0.15, -0.1) is 11.3 Å². The van der Waals surface area contributed by atoms with E-state index >= 15 is 0 Å². The average molecular weight is 499 g/mol. The van der Waals surface area contributed by atoms with Crippen molar-refractivity contribution in [1.29, 1.82) is 0 Å². The van der Waals surface area contributed by atoms with Gasteiger partial charge in [0, 0.05) is 30.7 Å². The number of rotatable bonds is 8. The maximum Gasteiger partial charge on any atom is 0.255 e. The van der Waals surface area contributed by atoms with Gasteiger partial charge in [-0.2, -0.15) is 9.78 Å². The molecule has 5 aromatic rings. The maximum atomic E-state index is 13.4. The van der Waals surface area contributed by atoms with E-state index in [1.807, 2.05) is 36.6 Å². The number of hydrogen-bond acceptors (Lipinski definition) is 6. The van der Waals surface area contributed by atoms with Crippen LogP contribution in [0, 0.1) is 12.7 Å². The summed E-state index contributed by atoms with van der Waals surface area (Å²) in [6.45, 7) is 2.43. The number of halogens is 1. The van der Waals surface area contributed by atoms with E-state index in [1.165, 1.54) is 29.0 Å². The van der Waals surface area contributed by atoms with Gasteiger partial charge >= 0.3 is 0 Å². The molecule has 0 atom stereocenters. The van der Waals surface area contributed by atoms with Gasteiger partial charge in [-0.3, -0.25) is 9.78 Å². The molecule has 1 N–H and O–H groups in total. The van der Waals surface area contributed by atoms with Gasteiger partial charge < -0.3 is 5.32 Å². The van der Waals surface area contributed by atoms with Crippen LogP contribution in [-0.4, -0.2) is 37.2 Å². The van der Waals surface area contributed by atoms with E-state index in [9.17, 15) is 9.18 Å². The van der Waals surface area contributed by atoms with Crippen LogP contribution >= 0.6 is 11.3 Å². The first-order chi connectivity index (χ1) is 17.6. The minimum absolute atomic E-state index is 0.203. The molecule has 9 heteroatoms. The Balaban J connectivity index is 1.42. The van der Waals surface area contributed by atoms with Gasteiger partial charge in [0.05, 0.1) is 22.3 Å². The van der Waals surface area contributed by atoms with Crippen LogP contribution in [0.15, 0.2) is 78.7 Å². The Morgan fingerprint density at radius 2 is 1.89 bits per heavy atom. The second kappa shape index (κ2) is 10.6. The lowest BCUT2D eigenvalue weighted by atomic mass is 10.1. The van der Waals surface area contributed by atoms with Crippen LogP contribution in [0.5, 0.6) is 0 Å². The molecule has 0 aliphatic carbocycles. The van der Waals surface area contributed by atoms with Crippen molar-refractivity contribution in [2.45, 2.75) is 19.8 Å². The molecule has 0 aliphatic heterocycles. The third-order valence-electron chi connectivity index (χ3n) is 5.71. The number of benzene rings is 1. The number of pyridine rings is 1. The summed E-state index contributed by atoms with van der Waals surface area (Å²) >= 11 is 1.51. The predicted molar refractivity (Wildman–Crippen MR) is 137 cm³/mol. The Kier molecular flexibility index (Phi) is 6.90. The fraction of sp³-hybridized carbons (Fsp3) is 0.148. The van der Waals surface area contributed by atoms with E-state index in [-0.39, 0.29) is 11.7 Å². The average Bonchev–Trinajstić information content (AvgIpc) is 3.58. The Morgan fingerprint density at radius 3 is 2.64 bits per heavy atom. The molecule has 0 bridgehead atoms. The van der Waals surface area contributed by atoms with Gasteiger partial charge in [-0.1, -0.05) is 6.07 Å². The molecule has 4 heterocycles. The number of hydrogen-bond donors (Lipinski definition) is 1. The van der Waals surface area contributed by atoms with Crippen LogP contribution in [-0.2, 0) is 6.42 Å². The van der Waals surface area contributed by atoms with E-state index in [0.29, 0.717) is 29.4 Å². The maximum absolute atomic E-state index is 13.4. The number of carbonyl (C=O) groups excluding carboxylic acids is 1. The van der Waals surface area contributed by atoms with Gasteiger partial charge in [0.15, 0.2) is 0 Å². The molecule has 36 heavy (non-hydrogen) atoms. The van der Waals surface area contributed by atoms with Crippen LogP contribution in [0.4, 0.5) is 4.39 Å². The summed E-state index contributed by atoms with van der Waals surface area (Å²) < 4.78 is 15.0. The quantitative estimate of drug-likeness (QED) is 0.295. The van der Waals surface area contributed by atoms with E-state index in [2.05, 4.69) is 20.4 Å². The normalized spacial score (nSPS) is 10.9. The predicted octanol–water partition coefficient (Wildman–Crippen LogP) is 5.26. The Morgan fingerprint density at radius 1 is 1.08 bits per heavy atom. The zero-order chi connectivity index (χ0) is 24.9. The zero-order valence-electron chi connectivity index (χ0n) is 19.6. The van der Waals surface area contributed by atoms with Gasteiger partial charge in [0.1, 0.15) is 11.5 Å². The number of carbonyl (C=O) groups is 1. The third-order valence-corrected chi connectivity index (χ3v) is 6.59. The summed E-state index contributed by atoms with van der Waals surface area (Å²) in [5, 5.41) is 9.44. The van der Waals surface area contributed by atoms with Gasteiger partial charge in [0.25, 0.3) is 11.9 Å². The number of nitrogens with zero attached hydrogens (tertiary/aromatic N) is 5. The highest BCUT2D eigenvalue weighted by Gasteiger charge is 2.22. The van der Waals surface area contributed by atoms with Crippen LogP contribution in [0.2, 0.25) is 0 Å². The van der Waals surface area contributed by atoms with Gasteiger partial charge in [-0.05, 0) is 78.7 Å². The van der Waals surface area contributed by atoms with Crippen molar-refractivity contribution in [3.63, 3.8) is 0 Å². The molecule has 0 aliphatic rings. The van der Waals surface area contributed by atoms with Crippen molar-refractivity contribution in [3.8, 4) is 27.8 Å². The minimum Gasteiger partial charge on any atom is -0.352 e. The van der Waals surface area contributed by atoms with Gasteiger partial charge in [-0.25, -0.2) is 14.4 Å². The number of aromatic nitrogens is 5. The lowest BCUT2D eigenvalue weighted by Crippen LogP contribution is -2.25. The molecule has 1 aromatic carbocycles. The van der Waals surface area contributed by atoms with Crippen molar-refractivity contribution in [2.75, 3.05) is 6.54 Å². The molecule has 7 nitrogen and oxygen atoms in total. The van der Waals surface area contributed by atoms with Crippen LogP contribution in [0.1, 0.15) is 27.9 Å². The Hall–Kier alpha value is -4.24. The first-order valence-corrected chi connectivity index (χ1v) is 12.4. The van der Waals surface area contributed by atoms with Gasteiger partial charge in [0.2, 0.25) is 0 Å². The molecular weight excluding hydrogens is 475 g/mol. The fourth-order valence-electron chi connectivity index (χ4n) is 3.89. The van der Waals surface area contributed by atoms with Crippen molar-refractivity contribution < 1.29 is 9.18 Å². The van der Waals surface area contributed by atoms with E-state index in [1.54, 1.807) is 41.6 Å². The Bertz CT molecular complexity index is 1470. The standard InChI is InChI=1S/C27H23FN6OS/c1-18-16-31-27(33-24(18)20-6-8-21(28)9-7-20)34-25(23-5-3-15-36-23)22(17-32-34)26(35)30-12-2-4-19-10-13-29-14-11-19/h3,5-11,13-17H,2,4,12H2,1H3,(H,30,35). The van der Waals surface area contributed by atoms with E-state index in [4.69, 9.17) is 4.98 Å². The van der Waals surface area contributed by atoms with Crippen molar-refractivity contribution in [3.05, 3.63) is 101 Å². The first kappa shape index (κ1) is 23.5. The fourth-order valence-corrected chi connectivity index (χ4v) is 4.66. The summed E-state index contributed by atoms with van der Waals surface area (Å²) in [6.07, 6.45) is 8.45. The molecule has 0 saturated carbocycles. The lowest BCUT2D eigenvalue weighted by Gasteiger charge is -2.11. The van der Waals surface area contributed by atoms with Crippen molar-refractivity contribution in [1.82, 2.24) is 30.0 Å². The monoisotopic (exact) mass is 498 g/mol. The highest BCUT2D eigenvalue weighted by molar-refractivity contribution is 7.13. The highest BCUT2D eigenvalue weighted by Crippen LogP contribution is 2.30. The largest absolute Gasteiger partial charge is 0.352 e. The summed E-state index contributed by atoms with van der Waals surface area (Å²) in [6, 6.07) is 14.0. The molecule has 0 spiro atoms. The van der Waals surface area contributed by atoms with E-state index < -0.39 is 0 Å². The number of thiophene rings is 1. The molecule has 0 radical (unpaired) electrons. The highest BCUT2D eigenvalue weighted by atomic mass is 32.1. The topological polar surface area (TPSA) is 85.6 Å². The smallest absolute Gasteiger partial charge is 0.255 e. The second-order valence-electron chi connectivity index (χ2n) is 8.22. The molecule has 5 rings (SSSR count). The first-order valence-electron chi connectivity index (χ1n) is 11.5. The molecule has 4 aromatic heterocycles. The van der Waals surface area contributed by atoms with Crippen LogP contribution in [0.25, 0.3) is 27.8 Å². The van der Waals surface area contributed by atoms with E-state index in [0.717, 1.165) is 28.8 Å². The summed E-state index contributed by atoms with van der Waals surface area (Å²) in [5.41, 5.74) is 4.56. The molecule has 0 fully saturated rings. The molecule has 0 saturated heterocycles. The van der Waals surface area contributed by atoms with Crippen LogP contribution in [0.3, 0.4) is 0 Å². The van der Waals surface area contributed by atoms with Crippen LogP contribution < -0.4 is 5.32 Å². The number of aryl methyl sites for hydroxylation is 2. The summed E-state index contributed by atoms with van der Waals surface area (Å²) in [7, 11) is 0. The van der Waals surface area contributed by atoms with Crippen molar-refractivity contribution in [2.24, 2.45) is 0 Å². The molecule has 180 valence electrons.